The maximum Gasteiger partial charge on any atom is 0.405 e. The van der Waals surface area contributed by atoms with Gasteiger partial charge < -0.3 is 10.6 Å². The smallest absolute Gasteiger partial charge is 0.329 e. The molecule has 3 N–H and O–H groups in total. The molecule has 0 aliphatic carbocycles. The zero-order valence-electron chi connectivity index (χ0n) is 17.8. The quantitative estimate of drug-likeness (QED) is 0.264. The van der Waals surface area contributed by atoms with Gasteiger partial charge in [-0.15, -0.1) is 0 Å². The third kappa shape index (κ3) is 6.30. The lowest BCUT2D eigenvalue weighted by atomic mass is 10.1. The Morgan fingerprint density at radius 1 is 1.06 bits per heavy atom. The SMILES string of the molecule is O=C(NCC(F)(F)F)Nc1cccc(-c2cnc3cc(CNOCc4cccnc4)ccn23)c1. The highest BCUT2D eigenvalue weighted by atomic mass is 19.4. The van der Waals surface area contributed by atoms with Crippen LogP contribution in [0.3, 0.4) is 0 Å². The Morgan fingerprint density at radius 2 is 1.94 bits per heavy atom. The van der Waals surface area contributed by atoms with E-state index in [4.69, 9.17) is 4.84 Å². The van der Waals surface area contributed by atoms with Gasteiger partial charge in [0.15, 0.2) is 0 Å². The molecule has 0 spiro atoms. The van der Waals surface area contributed by atoms with Crippen LogP contribution in [0.2, 0.25) is 0 Å². The number of hydrogen-bond donors (Lipinski definition) is 3. The van der Waals surface area contributed by atoms with Crippen molar-refractivity contribution >= 4 is 17.4 Å². The summed E-state index contributed by atoms with van der Waals surface area (Å²) in [7, 11) is 0. The van der Waals surface area contributed by atoms with Gasteiger partial charge in [-0.1, -0.05) is 18.2 Å². The Balaban J connectivity index is 1.39. The van der Waals surface area contributed by atoms with Crippen molar-refractivity contribution in [2.45, 2.75) is 19.3 Å². The molecule has 4 aromatic rings. The molecule has 0 aliphatic heterocycles. The standard InChI is InChI=1S/C23H21F3N6O2/c24-23(25,26)15-29-22(33)31-19-5-1-4-18(10-19)20-13-28-21-9-16(6-8-32(20)21)12-30-34-14-17-3-2-7-27-11-17/h1-11,13,30H,12,14-15H2,(H2,29,31,33). The van der Waals surface area contributed by atoms with Gasteiger partial charge in [-0.2, -0.15) is 18.7 Å². The summed E-state index contributed by atoms with van der Waals surface area (Å²) in [6, 6.07) is 13.4. The first-order valence-electron chi connectivity index (χ1n) is 10.3. The lowest BCUT2D eigenvalue weighted by molar-refractivity contribution is -0.122. The van der Waals surface area contributed by atoms with E-state index >= 15 is 0 Å². The molecule has 8 nitrogen and oxygen atoms in total. The number of nitrogens with one attached hydrogen (secondary N) is 3. The van der Waals surface area contributed by atoms with Crippen molar-refractivity contribution in [3.63, 3.8) is 0 Å². The van der Waals surface area contributed by atoms with Crippen molar-refractivity contribution in [1.29, 1.82) is 0 Å². The van der Waals surface area contributed by atoms with E-state index in [1.165, 1.54) is 0 Å². The maximum atomic E-state index is 12.3. The van der Waals surface area contributed by atoms with Crippen LogP contribution in [0.25, 0.3) is 16.9 Å². The van der Waals surface area contributed by atoms with Crippen LogP contribution in [-0.2, 0) is 18.0 Å². The predicted octanol–water partition coefficient (Wildman–Crippen LogP) is 4.30. The molecular formula is C23H21F3N6O2. The largest absolute Gasteiger partial charge is 0.405 e. The van der Waals surface area contributed by atoms with Gasteiger partial charge >= 0.3 is 12.2 Å². The molecule has 2 amide bonds. The first-order valence-corrected chi connectivity index (χ1v) is 10.3. The van der Waals surface area contributed by atoms with Gasteiger partial charge in [-0.3, -0.25) is 14.2 Å². The minimum Gasteiger partial charge on any atom is -0.329 e. The first-order chi connectivity index (χ1) is 16.4. The van der Waals surface area contributed by atoms with Crippen molar-refractivity contribution in [3.05, 3.63) is 84.4 Å². The van der Waals surface area contributed by atoms with E-state index in [1.807, 2.05) is 40.9 Å². The van der Waals surface area contributed by atoms with Crippen LogP contribution in [0.5, 0.6) is 0 Å². The average molecular weight is 470 g/mol. The number of urea groups is 1. The number of hydroxylamine groups is 1. The van der Waals surface area contributed by atoms with E-state index in [2.05, 4.69) is 20.8 Å². The van der Waals surface area contributed by atoms with Crippen LogP contribution in [0.15, 0.2) is 73.3 Å². The normalized spacial score (nSPS) is 11.5. The number of amides is 2. The lowest BCUT2D eigenvalue weighted by Gasteiger charge is -2.11. The third-order valence-corrected chi connectivity index (χ3v) is 4.78. The molecule has 1 aromatic carbocycles. The number of halogens is 3. The fourth-order valence-corrected chi connectivity index (χ4v) is 3.21. The number of carbonyl (C=O) groups excluding carboxylic acids is 1. The van der Waals surface area contributed by atoms with E-state index in [1.54, 1.807) is 42.1 Å². The van der Waals surface area contributed by atoms with Crippen molar-refractivity contribution in [1.82, 2.24) is 25.2 Å². The lowest BCUT2D eigenvalue weighted by Crippen LogP contribution is -2.36. The minimum atomic E-state index is -4.48. The van der Waals surface area contributed by atoms with Gasteiger partial charge in [0.25, 0.3) is 0 Å². The van der Waals surface area contributed by atoms with Gasteiger partial charge in [-0.05, 0) is 41.5 Å². The van der Waals surface area contributed by atoms with Crippen molar-refractivity contribution in [2.24, 2.45) is 0 Å². The number of carbonyl (C=O) groups is 1. The summed E-state index contributed by atoms with van der Waals surface area (Å²) < 4.78 is 38.7. The molecule has 0 saturated heterocycles. The van der Waals surface area contributed by atoms with Gasteiger partial charge in [-0.25, -0.2) is 9.78 Å². The number of aromatic nitrogens is 3. The summed E-state index contributed by atoms with van der Waals surface area (Å²) in [5.41, 5.74) is 7.42. The van der Waals surface area contributed by atoms with Crippen molar-refractivity contribution < 1.29 is 22.8 Å². The number of fused-ring (bicyclic) bond motifs is 1. The molecule has 0 radical (unpaired) electrons. The van der Waals surface area contributed by atoms with E-state index < -0.39 is 18.8 Å². The van der Waals surface area contributed by atoms with E-state index in [0.29, 0.717) is 24.5 Å². The number of alkyl halides is 3. The molecule has 0 unspecified atom stereocenters. The summed E-state index contributed by atoms with van der Waals surface area (Å²) in [5.74, 6) is 0. The number of benzene rings is 1. The molecular weight excluding hydrogens is 449 g/mol. The average Bonchev–Trinajstić information content (AvgIpc) is 3.24. The van der Waals surface area contributed by atoms with Crippen LogP contribution >= 0.6 is 0 Å². The van der Waals surface area contributed by atoms with E-state index in [0.717, 1.165) is 22.4 Å². The van der Waals surface area contributed by atoms with Gasteiger partial charge in [0.05, 0.1) is 18.5 Å². The molecule has 3 heterocycles. The Hall–Kier alpha value is -3.96. The van der Waals surface area contributed by atoms with Gasteiger partial charge in [0.1, 0.15) is 12.2 Å². The summed E-state index contributed by atoms with van der Waals surface area (Å²) in [4.78, 5) is 25.7. The number of pyridine rings is 2. The number of rotatable bonds is 8. The number of imidazole rings is 1. The van der Waals surface area contributed by atoms with Crippen molar-refractivity contribution in [3.8, 4) is 11.3 Å². The Kier molecular flexibility index (Phi) is 7.04. The zero-order valence-corrected chi connectivity index (χ0v) is 17.8. The first kappa shape index (κ1) is 23.2. The van der Waals surface area contributed by atoms with Crippen LogP contribution in [-0.4, -0.2) is 33.1 Å². The summed E-state index contributed by atoms with van der Waals surface area (Å²) >= 11 is 0. The second-order valence-electron chi connectivity index (χ2n) is 7.38. The fourth-order valence-electron chi connectivity index (χ4n) is 3.21. The molecule has 3 aromatic heterocycles. The number of nitrogens with zero attached hydrogens (tertiary/aromatic N) is 3. The second kappa shape index (κ2) is 10.3. The molecule has 0 saturated carbocycles. The number of anilines is 1. The Bertz CT molecular complexity index is 1260. The summed E-state index contributed by atoms with van der Waals surface area (Å²) in [6.45, 7) is -0.537. The monoisotopic (exact) mass is 470 g/mol. The molecule has 0 atom stereocenters. The second-order valence-corrected chi connectivity index (χ2v) is 7.38. The highest BCUT2D eigenvalue weighted by molar-refractivity contribution is 5.90. The zero-order chi connectivity index (χ0) is 24.0. The van der Waals surface area contributed by atoms with Crippen molar-refractivity contribution in [2.75, 3.05) is 11.9 Å². The molecule has 0 aliphatic rings. The fraction of sp³-hybridized carbons (Fsp3) is 0.174. The molecule has 0 bridgehead atoms. The highest BCUT2D eigenvalue weighted by Crippen LogP contribution is 2.24. The van der Waals surface area contributed by atoms with E-state index in [9.17, 15) is 18.0 Å². The van der Waals surface area contributed by atoms with Crippen LogP contribution in [0.1, 0.15) is 11.1 Å². The molecule has 0 fully saturated rings. The summed E-state index contributed by atoms with van der Waals surface area (Å²) in [6.07, 6.45) is 2.52. The van der Waals surface area contributed by atoms with Crippen LogP contribution < -0.4 is 16.1 Å². The van der Waals surface area contributed by atoms with Crippen LogP contribution in [0.4, 0.5) is 23.7 Å². The van der Waals surface area contributed by atoms with Crippen LogP contribution in [0, 0.1) is 0 Å². The molecule has 34 heavy (non-hydrogen) atoms. The van der Waals surface area contributed by atoms with E-state index in [-0.39, 0.29) is 0 Å². The maximum absolute atomic E-state index is 12.3. The summed E-state index contributed by atoms with van der Waals surface area (Å²) in [5, 5.41) is 4.19. The molecule has 4 rings (SSSR count). The van der Waals surface area contributed by atoms with Gasteiger partial charge in [0, 0.05) is 36.4 Å². The predicted molar refractivity (Wildman–Crippen MR) is 120 cm³/mol. The highest BCUT2D eigenvalue weighted by Gasteiger charge is 2.27. The molecule has 11 heteroatoms. The Morgan fingerprint density at radius 3 is 2.74 bits per heavy atom. The molecule has 176 valence electrons. The minimum absolute atomic E-state index is 0.360. The third-order valence-electron chi connectivity index (χ3n) is 4.78. The van der Waals surface area contributed by atoms with Gasteiger partial charge in [0.2, 0.25) is 0 Å². The number of hydrogen-bond acceptors (Lipinski definition) is 5. The Labute approximate surface area is 192 Å². The topological polar surface area (TPSA) is 92.6 Å².